The van der Waals surface area contributed by atoms with Crippen molar-refractivity contribution in [3.63, 3.8) is 0 Å². The third-order valence-corrected chi connectivity index (χ3v) is 3.43. The van der Waals surface area contributed by atoms with Crippen molar-refractivity contribution in [2.24, 2.45) is 0 Å². The fourth-order valence-corrected chi connectivity index (χ4v) is 2.19. The Kier molecular flexibility index (Phi) is 4.34. The first-order valence-electron chi connectivity index (χ1n) is 6.02. The van der Waals surface area contributed by atoms with Gasteiger partial charge in [0.15, 0.2) is 0 Å². The van der Waals surface area contributed by atoms with Gasteiger partial charge in [-0.05, 0) is 24.5 Å². The van der Waals surface area contributed by atoms with E-state index in [-0.39, 0.29) is 17.6 Å². The largest absolute Gasteiger partial charge is 0.355 e. The minimum absolute atomic E-state index is 0.00528. The van der Waals surface area contributed by atoms with Gasteiger partial charge in [0.05, 0.1) is 11.0 Å². The summed E-state index contributed by atoms with van der Waals surface area (Å²) in [6.07, 6.45) is 1.68. The number of nitrogens with zero attached hydrogens (tertiary/aromatic N) is 1. The van der Waals surface area contributed by atoms with Crippen molar-refractivity contribution in [1.82, 2.24) is 10.6 Å². The molecule has 7 heteroatoms. The summed E-state index contributed by atoms with van der Waals surface area (Å²) in [5, 5.41) is 17.0. The zero-order chi connectivity index (χ0) is 13.8. The number of hydrogen-bond acceptors (Lipinski definition) is 4. The highest BCUT2D eigenvalue weighted by atomic mass is 35.5. The zero-order valence-corrected chi connectivity index (χ0v) is 10.9. The molecule has 0 aliphatic carbocycles. The molecule has 0 radical (unpaired) electrons. The van der Waals surface area contributed by atoms with Gasteiger partial charge < -0.3 is 10.6 Å². The lowest BCUT2D eigenvalue weighted by Gasteiger charge is -2.23. The number of piperidine rings is 1. The van der Waals surface area contributed by atoms with Gasteiger partial charge in [-0.2, -0.15) is 0 Å². The molecule has 1 aliphatic rings. The summed E-state index contributed by atoms with van der Waals surface area (Å²) in [5.74, 6) is -0.0344. The highest BCUT2D eigenvalue weighted by molar-refractivity contribution is 6.31. The van der Waals surface area contributed by atoms with Gasteiger partial charge in [-0.1, -0.05) is 11.6 Å². The molecule has 1 atom stereocenters. The van der Waals surface area contributed by atoms with Crippen molar-refractivity contribution in [3.8, 4) is 0 Å². The number of carbonyl (C=O) groups excluding carboxylic acids is 1. The molecule has 1 saturated heterocycles. The number of hydrogen-bond donors (Lipinski definition) is 2. The molecule has 2 N–H and O–H groups in total. The first-order valence-corrected chi connectivity index (χ1v) is 6.39. The molecule has 1 amide bonds. The minimum atomic E-state index is -0.465. The van der Waals surface area contributed by atoms with E-state index < -0.39 is 4.92 Å². The monoisotopic (exact) mass is 283 g/mol. The second-order valence-corrected chi connectivity index (χ2v) is 4.81. The number of carbonyl (C=O) groups is 1. The van der Waals surface area contributed by atoms with Crippen LogP contribution in [0.3, 0.4) is 0 Å². The second kappa shape index (κ2) is 5.99. The lowest BCUT2D eigenvalue weighted by molar-refractivity contribution is -0.384. The summed E-state index contributed by atoms with van der Waals surface area (Å²) in [7, 11) is 0. The number of nitro benzene ring substituents is 1. The van der Waals surface area contributed by atoms with E-state index in [9.17, 15) is 14.9 Å². The van der Waals surface area contributed by atoms with E-state index in [2.05, 4.69) is 10.6 Å². The van der Waals surface area contributed by atoms with Crippen molar-refractivity contribution in [2.45, 2.75) is 25.4 Å². The summed E-state index contributed by atoms with van der Waals surface area (Å²) < 4.78 is 0. The molecular weight excluding hydrogens is 270 g/mol. The van der Waals surface area contributed by atoms with Crippen molar-refractivity contribution < 1.29 is 9.72 Å². The highest BCUT2D eigenvalue weighted by Crippen LogP contribution is 2.22. The number of non-ortho nitro benzene ring substituents is 1. The van der Waals surface area contributed by atoms with Crippen LogP contribution in [0.1, 0.15) is 18.4 Å². The number of nitrogens with one attached hydrogen (secondary N) is 2. The quantitative estimate of drug-likeness (QED) is 0.649. The van der Waals surface area contributed by atoms with Crippen LogP contribution in [0.4, 0.5) is 5.69 Å². The molecule has 0 saturated carbocycles. The molecule has 1 aliphatic heterocycles. The first-order chi connectivity index (χ1) is 9.08. The van der Waals surface area contributed by atoms with Crippen LogP contribution in [-0.2, 0) is 11.3 Å². The topological polar surface area (TPSA) is 84.3 Å². The summed E-state index contributed by atoms with van der Waals surface area (Å²) in [6.45, 7) is 1.03. The van der Waals surface area contributed by atoms with E-state index in [4.69, 9.17) is 11.6 Å². The van der Waals surface area contributed by atoms with Gasteiger partial charge in [0, 0.05) is 30.2 Å². The molecule has 0 bridgehead atoms. The molecule has 1 unspecified atom stereocenters. The van der Waals surface area contributed by atoms with E-state index in [1.165, 1.54) is 18.2 Å². The van der Waals surface area contributed by atoms with Crippen LogP contribution in [0.25, 0.3) is 0 Å². The molecule has 19 heavy (non-hydrogen) atoms. The van der Waals surface area contributed by atoms with Gasteiger partial charge in [-0.3, -0.25) is 14.9 Å². The van der Waals surface area contributed by atoms with Gasteiger partial charge in [0.1, 0.15) is 0 Å². The third kappa shape index (κ3) is 3.42. The van der Waals surface area contributed by atoms with E-state index in [0.717, 1.165) is 12.8 Å². The molecule has 1 heterocycles. The summed E-state index contributed by atoms with van der Waals surface area (Å²) in [6, 6.07) is 4.02. The minimum Gasteiger partial charge on any atom is -0.355 e. The third-order valence-electron chi connectivity index (χ3n) is 3.06. The van der Waals surface area contributed by atoms with Crippen LogP contribution in [0, 0.1) is 10.1 Å². The maximum atomic E-state index is 11.6. The van der Waals surface area contributed by atoms with Crippen LogP contribution in [0.2, 0.25) is 5.02 Å². The van der Waals surface area contributed by atoms with Crippen LogP contribution in [-0.4, -0.2) is 23.4 Å². The Hall–Kier alpha value is -1.66. The average molecular weight is 284 g/mol. The normalized spacial score (nSPS) is 19.0. The van der Waals surface area contributed by atoms with E-state index in [0.29, 0.717) is 23.7 Å². The fraction of sp³-hybridized carbons (Fsp3) is 0.417. The van der Waals surface area contributed by atoms with Gasteiger partial charge in [-0.15, -0.1) is 0 Å². The molecule has 1 aromatic rings. The van der Waals surface area contributed by atoms with Crippen molar-refractivity contribution in [3.05, 3.63) is 38.9 Å². The molecule has 0 spiro atoms. The number of amides is 1. The van der Waals surface area contributed by atoms with Crippen LogP contribution < -0.4 is 10.6 Å². The summed E-state index contributed by atoms with van der Waals surface area (Å²) >= 11 is 5.99. The molecule has 0 aromatic heterocycles. The first kappa shape index (κ1) is 13.8. The Morgan fingerprint density at radius 2 is 2.32 bits per heavy atom. The molecule has 1 fully saturated rings. The Labute approximate surface area is 115 Å². The smallest absolute Gasteiger partial charge is 0.269 e. The van der Waals surface area contributed by atoms with Crippen molar-refractivity contribution in [1.29, 1.82) is 0 Å². The molecule has 2 rings (SSSR count). The Morgan fingerprint density at radius 1 is 1.53 bits per heavy atom. The van der Waals surface area contributed by atoms with Crippen LogP contribution >= 0.6 is 11.6 Å². The lowest BCUT2D eigenvalue weighted by Crippen LogP contribution is -2.47. The SMILES string of the molecule is O=C1NCCCC1NCc1cc([N+](=O)[O-])ccc1Cl. The van der Waals surface area contributed by atoms with Crippen molar-refractivity contribution >= 4 is 23.2 Å². The van der Waals surface area contributed by atoms with E-state index in [1.54, 1.807) is 0 Å². The molecule has 102 valence electrons. The second-order valence-electron chi connectivity index (χ2n) is 4.40. The lowest BCUT2D eigenvalue weighted by atomic mass is 10.1. The predicted octanol–water partition coefficient (Wildman–Crippen LogP) is 1.62. The highest BCUT2D eigenvalue weighted by Gasteiger charge is 2.21. The maximum absolute atomic E-state index is 11.6. The standard InChI is InChI=1S/C12H14ClN3O3/c13-10-4-3-9(16(18)19)6-8(10)7-15-11-2-1-5-14-12(11)17/h3-4,6,11,15H,1-2,5,7H2,(H,14,17). The van der Waals surface area contributed by atoms with E-state index >= 15 is 0 Å². The molecule has 1 aromatic carbocycles. The zero-order valence-electron chi connectivity index (χ0n) is 10.2. The Morgan fingerprint density at radius 3 is 3.00 bits per heavy atom. The van der Waals surface area contributed by atoms with Gasteiger partial charge >= 0.3 is 0 Å². The Balaban J connectivity index is 2.04. The van der Waals surface area contributed by atoms with Gasteiger partial charge in [0.2, 0.25) is 5.91 Å². The van der Waals surface area contributed by atoms with Crippen molar-refractivity contribution in [2.75, 3.05) is 6.54 Å². The average Bonchev–Trinajstić information content (AvgIpc) is 2.39. The Bertz CT molecular complexity index is 507. The molecule has 6 nitrogen and oxygen atoms in total. The van der Waals surface area contributed by atoms with Crippen LogP contribution in [0.5, 0.6) is 0 Å². The predicted molar refractivity (Wildman–Crippen MR) is 71.0 cm³/mol. The maximum Gasteiger partial charge on any atom is 0.269 e. The number of rotatable bonds is 4. The summed E-state index contributed by atoms with van der Waals surface area (Å²) in [4.78, 5) is 21.8. The van der Waals surface area contributed by atoms with Gasteiger partial charge in [0.25, 0.3) is 5.69 Å². The number of halogens is 1. The van der Waals surface area contributed by atoms with E-state index in [1.807, 2.05) is 0 Å². The van der Waals surface area contributed by atoms with Gasteiger partial charge in [-0.25, -0.2) is 0 Å². The fourth-order valence-electron chi connectivity index (χ4n) is 2.01. The number of benzene rings is 1. The summed E-state index contributed by atoms with van der Waals surface area (Å²) in [5.41, 5.74) is 0.614. The van der Waals surface area contributed by atoms with Crippen LogP contribution in [0.15, 0.2) is 18.2 Å². The molecular formula is C12H14ClN3O3. The number of nitro groups is 1.